The highest BCUT2D eigenvalue weighted by atomic mass is 79.9. The lowest BCUT2D eigenvalue weighted by Crippen LogP contribution is -2.26. The maximum absolute atomic E-state index is 12.4. The molecule has 0 fully saturated rings. The summed E-state index contributed by atoms with van der Waals surface area (Å²) >= 11 is 3.54. The van der Waals surface area contributed by atoms with E-state index < -0.39 is 0 Å². The van der Waals surface area contributed by atoms with Crippen LogP contribution in [0, 0.1) is 13.8 Å². The van der Waals surface area contributed by atoms with Crippen LogP contribution in [0.2, 0.25) is 0 Å². The van der Waals surface area contributed by atoms with E-state index in [1.807, 2.05) is 50.2 Å². The number of hydrogen-bond donors (Lipinski definition) is 0. The second kappa shape index (κ2) is 6.14. The van der Waals surface area contributed by atoms with Crippen LogP contribution in [0.15, 0.2) is 52.8 Å². The first-order valence-corrected chi connectivity index (χ1v) is 7.22. The van der Waals surface area contributed by atoms with E-state index in [2.05, 4.69) is 22.0 Å². The van der Waals surface area contributed by atoms with Crippen molar-refractivity contribution < 1.29 is 5.11 Å². The van der Waals surface area contributed by atoms with E-state index in [9.17, 15) is 5.11 Å². The van der Waals surface area contributed by atoms with Crippen LogP contribution in [0.25, 0.3) is 6.08 Å². The number of hydrogen-bond acceptors (Lipinski definition) is 2. The fourth-order valence-electron chi connectivity index (χ4n) is 2.23. The van der Waals surface area contributed by atoms with E-state index in [0.717, 1.165) is 21.3 Å². The molecule has 0 aliphatic carbocycles. The molecule has 0 unspecified atom stereocenters. The molecule has 0 aliphatic rings. The highest BCUT2D eigenvalue weighted by Crippen LogP contribution is 2.31. The average molecular weight is 331 g/mol. The zero-order chi connectivity index (χ0) is 14.7. The molecule has 0 radical (unpaired) electrons. The molecular weight excluding hydrogens is 314 g/mol. The summed E-state index contributed by atoms with van der Waals surface area (Å²) in [6, 6.07) is 13.7. The third-order valence-electron chi connectivity index (χ3n) is 3.15. The normalized spacial score (nSPS) is 11.5. The van der Waals surface area contributed by atoms with Crippen LogP contribution in [0.4, 0.5) is 5.69 Å². The molecule has 104 valence electrons. The largest absolute Gasteiger partial charge is 0.860 e. The Morgan fingerprint density at radius 3 is 2.40 bits per heavy atom. The van der Waals surface area contributed by atoms with Crippen molar-refractivity contribution in [2.24, 2.45) is 0 Å². The Hall–Kier alpha value is -1.74. The minimum atomic E-state index is -0.0381. The second-order valence-electron chi connectivity index (χ2n) is 4.86. The molecule has 2 aromatic rings. The number of aryl methyl sites for hydroxylation is 2. The van der Waals surface area contributed by atoms with Crippen LogP contribution >= 0.6 is 15.9 Å². The summed E-state index contributed by atoms with van der Waals surface area (Å²) < 4.78 is 0.937. The van der Waals surface area contributed by atoms with Crippen molar-refractivity contribution in [3.63, 3.8) is 0 Å². The molecule has 3 heteroatoms. The summed E-state index contributed by atoms with van der Waals surface area (Å²) in [5.74, 6) is -0.0381. The van der Waals surface area contributed by atoms with Crippen molar-refractivity contribution in [3.05, 3.63) is 69.5 Å². The maximum atomic E-state index is 12.4. The predicted molar refractivity (Wildman–Crippen MR) is 86.4 cm³/mol. The first kappa shape index (κ1) is 14.7. The van der Waals surface area contributed by atoms with Crippen molar-refractivity contribution in [1.29, 1.82) is 0 Å². The van der Waals surface area contributed by atoms with Crippen molar-refractivity contribution in [2.45, 2.75) is 13.8 Å². The summed E-state index contributed by atoms with van der Waals surface area (Å²) in [6.45, 7) is 4.05. The lowest BCUT2D eigenvalue weighted by molar-refractivity contribution is -0.302. The first-order chi connectivity index (χ1) is 9.49. The molecule has 0 saturated heterocycles. The topological polar surface area (TPSA) is 26.3 Å². The quantitative estimate of drug-likeness (QED) is 0.799. The Morgan fingerprint density at radius 1 is 1.15 bits per heavy atom. The maximum Gasteiger partial charge on any atom is 0.0572 e. The molecular formula is C17H17BrNO-. The summed E-state index contributed by atoms with van der Waals surface area (Å²) in [6.07, 6.45) is 1.64. The van der Waals surface area contributed by atoms with Crippen molar-refractivity contribution >= 4 is 27.7 Å². The molecule has 2 rings (SSSR count). The van der Waals surface area contributed by atoms with Crippen molar-refractivity contribution in [3.8, 4) is 0 Å². The number of anilines is 1. The summed E-state index contributed by atoms with van der Waals surface area (Å²) in [7, 11) is 1.80. The smallest absolute Gasteiger partial charge is 0.0572 e. The SMILES string of the molecule is Cc1cc(C)c(N(C)/C([O-])=C/c2ccccc2)c(Br)c1. The highest BCUT2D eigenvalue weighted by Gasteiger charge is 2.09. The third-order valence-corrected chi connectivity index (χ3v) is 3.76. The van der Waals surface area contributed by atoms with Gasteiger partial charge in [-0.05, 0) is 64.5 Å². The van der Waals surface area contributed by atoms with Crippen LogP contribution in [-0.2, 0) is 0 Å². The van der Waals surface area contributed by atoms with Crippen LogP contribution in [0.1, 0.15) is 16.7 Å². The molecule has 2 aromatic carbocycles. The second-order valence-corrected chi connectivity index (χ2v) is 5.72. The van der Waals surface area contributed by atoms with Gasteiger partial charge in [-0.2, -0.15) is 0 Å². The number of benzene rings is 2. The molecule has 0 bridgehead atoms. The molecule has 20 heavy (non-hydrogen) atoms. The average Bonchev–Trinajstić information content (AvgIpc) is 2.38. The Labute approximate surface area is 128 Å². The molecule has 2 nitrogen and oxygen atoms in total. The lowest BCUT2D eigenvalue weighted by Gasteiger charge is -2.30. The Balaban J connectivity index is 2.37. The van der Waals surface area contributed by atoms with Gasteiger partial charge in [-0.15, -0.1) is 0 Å². The zero-order valence-electron chi connectivity index (χ0n) is 11.9. The molecule has 0 N–H and O–H groups in total. The van der Waals surface area contributed by atoms with Gasteiger partial charge in [-0.3, -0.25) is 0 Å². The van der Waals surface area contributed by atoms with E-state index in [-0.39, 0.29) is 5.88 Å². The Morgan fingerprint density at radius 2 is 1.80 bits per heavy atom. The van der Waals surface area contributed by atoms with Crippen LogP contribution in [0.3, 0.4) is 0 Å². The first-order valence-electron chi connectivity index (χ1n) is 6.43. The van der Waals surface area contributed by atoms with E-state index in [1.165, 1.54) is 5.56 Å². The van der Waals surface area contributed by atoms with Crippen molar-refractivity contribution in [2.75, 3.05) is 11.9 Å². The number of nitrogens with zero attached hydrogens (tertiary/aromatic N) is 1. The number of rotatable bonds is 3. The fourth-order valence-corrected chi connectivity index (χ4v) is 3.17. The van der Waals surface area contributed by atoms with Crippen molar-refractivity contribution in [1.82, 2.24) is 0 Å². The van der Waals surface area contributed by atoms with E-state index >= 15 is 0 Å². The summed E-state index contributed by atoms with van der Waals surface area (Å²) in [5, 5.41) is 12.4. The Kier molecular flexibility index (Phi) is 4.50. The van der Waals surface area contributed by atoms with Gasteiger partial charge in [0.05, 0.1) is 5.69 Å². The lowest BCUT2D eigenvalue weighted by atomic mass is 10.1. The van der Waals surface area contributed by atoms with Crippen LogP contribution in [0.5, 0.6) is 0 Å². The predicted octanol–water partition coefficient (Wildman–Crippen LogP) is 3.86. The molecule has 0 heterocycles. The van der Waals surface area contributed by atoms with Gasteiger partial charge in [0.2, 0.25) is 0 Å². The van der Waals surface area contributed by atoms with Gasteiger partial charge < -0.3 is 10.0 Å². The van der Waals surface area contributed by atoms with Gasteiger partial charge in [0, 0.05) is 11.5 Å². The molecule has 0 atom stereocenters. The van der Waals surface area contributed by atoms with Gasteiger partial charge in [-0.1, -0.05) is 36.4 Å². The monoisotopic (exact) mass is 330 g/mol. The Bertz CT molecular complexity index is 612. The fraction of sp³-hybridized carbons (Fsp3) is 0.176. The zero-order valence-corrected chi connectivity index (χ0v) is 13.4. The molecule has 0 spiro atoms. The van der Waals surface area contributed by atoms with Gasteiger partial charge in [0.1, 0.15) is 0 Å². The molecule has 0 amide bonds. The third kappa shape index (κ3) is 3.23. The van der Waals surface area contributed by atoms with E-state index in [0.29, 0.717) is 0 Å². The summed E-state index contributed by atoms with van der Waals surface area (Å²) in [4.78, 5) is 1.67. The van der Waals surface area contributed by atoms with E-state index in [1.54, 1.807) is 18.0 Å². The van der Waals surface area contributed by atoms with E-state index in [4.69, 9.17) is 0 Å². The minimum absolute atomic E-state index is 0.0381. The molecule has 0 aliphatic heterocycles. The van der Waals surface area contributed by atoms with Gasteiger partial charge in [-0.25, -0.2) is 0 Å². The minimum Gasteiger partial charge on any atom is -0.860 e. The molecule has 0 saturated carbocycles. The summed E-state index contributed by atoms with van der Waals surface area (Å²) in [5.41, 5.74) is 4.07. The van der Waals surface area contributed by atoms with Crippen LogP contribution < -0.4 is 10.0 Å². The number of halogens is 1. The highest BCUT2D eigenvalue weighted by molar-refractivity contribution is 9.10. The van der Waals surface area contributed by atoms with Crippen LogP contribution in [-0.4, -0.2) is 7.05 Å². The molecule has 0 aromatic heterocycles. The van der Waals surface area contributed by atoms with Gasteiger partial charge >= 0.3 is 0 Å². The van der Waals surface area contributed by atoms with Gasteiger partial charge in [0.25, 0.3) is 0 Å². The van der Waals surface area contributed by atoms with Gasteiger partial charge in [0.15, 0.2) is 0 Å². The standard InChI is InChI=1S/C17H18BrNO/c1-12-9-13(2)17(15(18)10-12)19(3)16(20)11-14-7-5-4-6-8-14/h4-11,20H,1-3H3/p-1/b16-11-.